The number of carbonyl (C=O) groups is 2. The minimum absolute atomic E-state index is 0.0279. The molecule has 0 radical (unpaired) electrons. The van der Waals surface area contributed by atoms with Crippen LogP contribution in [0, 0.1) is 5.82 Å². The van der Waals surface area contributed by atoms with Gasteiger partial charge in [0.05, 0.1) is 23.0 Å². The van der Waals surface area contributed by atoms with Crippen LogP contribution >= 0.6 is 11.6 Å². The molecule has 0 spiro atoms. The van der Waals surface area contributed by atoms with Gasteiger partial charge >= 0.3 is 0 Å². The summed E-state index contributed by atoms with van der Waals surface area (Å²) in [5.41, 5.74) is 10.6. The van der Waals surface area contributed by atoms with E-state index < -0.39 is 23.5 Å². The number of aromatic nitrogens is 2. The lowest BCUT2D eigenvalue weighted by molar-refractivity contribution is -0.118. The van der Waals surface area contributed by atoms with Crippen molar-refractivity contribution in [2.75, 3.05) is 5.73 Å². The maximum absolute atomic E-state index is 15.2. The molecule has 0 saturated carbocycles. The number of nitrogens with zero attached hydrogens (tertiary/aromatic N) is 2. The average molecular weight is 394 g/mol. The zero-order valence-electron chi connectivity index (χ0n) is 15.0. The van der Waals surface area contributed by atoms with Crippen LogP contribution in [0.25, 0.3) is 0 Å². The van der Waals surface area contributed by atoms with E-state index in [0.29, 0.717) is 6.42 Å². The predicted octanol–water partition coefficient (Wildman–Crippen LogP) is 2.39. The Hall–Kier alpha value is -2.58. The number of primary amides is 1. The van der Waals surface area contributed by atoms with Crippen LogP contribution in [0.5, 0.6) is 0 Å². The molecule has 2 rings (SSSR count). The monoisotopic (exact) mass is 393 g/mol. The zero-order chi connectivity index (χ0) is 20.1. The lowest BCUT2D eigenvalue weighted by Crippen LogP contribution is -2.34. The number of rotatable bonds is 8. The van der Waals surface area contributed by atoms with Crippen LogP contribution in [0.4, 0.5) is 10.2 Å². The van der Waals surface area contributed by atoms with Crippen molar-refractivity contribution >= 4 is 29.1 Å². The molecule has 2 aromatic rings. The SMILES string of the molecule is CC[C@@H](N[C@H](C)CC(N)=O)c1ccc(Cl)c(C(=O)c2cnc(N)cn2)c1F. The van der Waals surface area contributed by atoms with Crippen LogP contribution in [0.3, 0.4) is 0 Å². The summed E-state index contributed by atoms with van der Waals surface area (Å²) >= 11 is 6.08. The summed E-state index contributed by atoms with van der Waals surface area (Å²) in [6, 6.07) is 2.28. The molecular formula is C18H21ClFN5O2. The molecule has 7 nitrogen and oxygen atoms in total. The molecule has 0 saturated heterocycles. The van der Waals surface area contributed by atoms with Gasteiger partial charge in [-0.25, -0.2) is 14.4 Å². The second-order valence-electron chi connectivity index (χ2n) is 6.18. The van der Waals surface area contributed by atoms with Crippen molar-refractivity contribution in [3.8, 4) is 0 Å². The van der Waals surface area contributed by atoms with Crippen LogP contribution in [0.15, 0.2) is 24.5 Å². The number of hydrogen-bond donors (Lipinski definition) is 3. The molecule has 1 aromatic heterocycles. The van der Waals surface area contributed by atoms with Crippen molar-refractivity contribution in [3.05, 3.63) is 52.2 Å². The van der Waals surface area contributed by atoms with Crippen LogP contribution < -0.4 is 16.8 Å². The fourth-order valence-electron chi connectivity index (χ4n) is 2.76. The molecule has 1 heterocycles. The van der Waals surface area contributed by atoms with Crippen molar-refractivity contribution < 1.29 is 14.0 Å². The van der Waals surface area contributed by atoms with E-state index in [2.05, 4.69) is 15.3 Å². The topological polar surface area (TPSA) is 124 Å². The van der Waals surface area contributed by atoms with E-state index in [1.54, 1.807) is 6.92 Å². The summed E-state index contributed by atoms with van der Waals surface area (Å²) in [7, 11) is 0. The first-order valence-corrected chi connectivity index (χ1v) is 8.76. The van der Waals surface area contributed by atoms with Crippen molar-refractivity contribution in [1.29, 1.82) is 0 Å². The van der Waals surface area contributed by atoms with Crippen molar-refractivity contribution in [2.24, 2.45) is 5.73 Å². The van der Waals surface area contributed by atoms with Gasteiger partial charge in [0.1, 0.15) is 17.3 Å². The number of benzene rings is 1. The minimum Gasteiger partial charge on any atom is -0.382 e. The summed E-state index contributed by atoms with van der Waals surface area (Å²) in [5, 5.41) is 3.12. The summed E-state index contributed by atoms with van der Waals surface area (Å²) in [6.45, 7) is 3.63. The second-order valence-corrected chi connectivity index (χ2v) is 6.59. The van der Waals surface area contributed by atoms with E-state index in [9.17, 15) is 9.59 Å². The van der Waals surface area contributed by atoms with Gasteiger partial charge in [-0.15, -0.1) is 0 Å². The third-order valence-electron chi connectivity index (χ3n) is 4.03. The summed E-state index contributed by atoms with van der Waals surface area (Å²) in [5.74, 6) is -1.74. The predicted molar refractivity (Wildman–Crippen MR) is 101 cm³/mol. The molecule has 5 N–H and O–H groups in total. The lowest BCUT2D eigenvalue weighted by Gasteiger charge is -2.23. The molecule has 9 heteroatoms. The second kappa shape index (κ2) is 8.88. The Kier molecular flexibility index (Phi) is 6.81. The fraction of sp³-hybridized carbons (Fsp3) is 0.333. The third kappa shape index (κ3) is 4.99. The number of nitrogens with two attached hydrogens (primary N) is 2. The molecule has 0 fully saturated rings. The number of carbonyl (C=O) groups excluding carboxylic acids is 2. The molecule has 0 aliphatic rings. The lowest BCUT2D eigenvalue weighted by atomic mass is 9.97. The number of halogens is 2. The summed E-state index contributed by atoms with van der Waals surface area (Å²) in [6.07, 6.45) is 3.02. The van der Waals surface area contributed by atoms with Gasteiger partial charge in [-0.3, -0.25) is 9.59 Å². The molecule has 0 aliphatic heterocycles. The maximum Gasteiger partial charge on any atom is 0.218 e. The van der Waals surface area contributed by atoms with Gasteiger partial charge in [0.15, 0.2) is 0 Å². The van der Waals surface area contributed by atoms with Crippen molar-refractivity contribution in [1.82, 2.24) is 15.3 Å². The third-order valence-corrected chi connectivity index (χ3v) is 4.34. The highest BCUT2D eigenvalue weighted by molar-refractivity contribution is 6.34. The Labute approximate surface area is 161 Å². The molecule has 1 amide bonds. The molecule has 144 valence electrons. The highest BCUT2D eigenvalue weighted by Gasteiger charge is 2.25. The van der Waals surface area contributed by atoms with E-state index >= 15 is 4.39 Å². The smallest absolute Gasteiger partial charge is 0.218 e. The number of amides is 1. The normalized spacial score (nSPS) is 13.2. The summed E-state index contributed by atoms with van der Waals surface area (Å²) < 4.78 is 15.2. The standard InChI is InChI=1S/C18H21ClFN5O2/c1-3-12(25-9(2)6-15(22)26)10-4-5-11(19)16(17(10)20)18(27)13-7-24-14(21)8-23-13/h4-5,7-9,12,25H,3,6H2,1-2H3,(H2,21,24)(H2,22,26)/t9-,12-/m1/s1. The van der Waals surface area contributed by atoms with Crippen molar-refractivity contribution in [3.63, 3.8) is 0 Å². The van der Waals surface area contributed by atoms with E-state index in [1.165, 1.54) is 24.5 Å². The van der Waals surface area contributed by atoms with E-state index in [0.717, 1.165) is 0 Å². The number of nitrogens with one attached hydrogen (secondary N) is 1. The first-order valence-electron chi connectivity index (χ1n) is 8.39. The van der Waals surface area contributed by atoms with Crippen LogP contribution in [-0.2, 0) is 4.79 Å². The Bertz CT molecular complexity index is 844. The molecule has 0 unspecified atom stereocenters. The Morgan fingerprint density at radius 1 is 1.30 bits per heavy atom. The largest absolute Gasteiger partial charge is 0.382 e. The first-order chi connectivity index (χ1) is 12.7. The number of hydrogen-bond acceptors (Lipinski definition) is 6. The Morgan fingerprint density at radius 2 is 2.00 bits per heavy atom. The summed E-state index contributed by atoms with van der Waals surface area (Å²) in [4.78, 5) is 31.4. The van der Waals surface area contributed by atoms with E-state index in [1.807, 2.05) is 6.92 Å². The van der Waals surface area contributed by atoms with Gasteiger partial charge < -0.3 is 16.8 Å². The molecule has 1 aromatic carbocycles. The van der Waals surface area contributed by atoms with Crippen LogP contribution in [-0.4, -0.2) is 27.7 Å². The Balaban J connectivity index is 2.39. The van der Waals surface area contributed by atoms with Gasteiger partial charge in [-0.05, 0) is 19.4 Å². The van der Waals surface area contributed by atoms with Gasteiger partial charge in [0, 0.05) is 24.1 Å². The molecule has 0 aliphatic carbocycles. The highest BCUT2D eigenvalue weighted by atomic mass is 35.5. The molecule has 0 bridgehead atoms. The number of anilines is 1. The van der Waals surface area contributed by atoms with Gasteiger partial charge in [0.25, 0.3) is 0 Å². The Morgan fingerprint density at radius 3 is 2.56 bits per heavy atom. The van der Waals surface area contributed by atoms with Crippen LogP contribution in [0.1, 0.15) is 54.3 Å². The fourth-order valence-corrected chi connectivity index (χ4v) is 2.99. The maximum atomic E-state index is 15.2. The number of ketones is 1. The van der Waals surface area contributed by atoms with Crippen molar-refractivity contribution in [2.45, 2.75) is 38.8 Å². The first kappa shape index (κ1) is 20.7. The molecule has 27 heavy (non-hydrogen) atoms. The quantitative estimate of drug-likeness (QED) is 0.591. The van der Waals surface area contributed by atoms with Gasteiger partial charge in [-0.1, -0.05) is 24.6 Å². The highest BCUT2D eigenvalue weighted by Crippen LogP contribution is 2.29. The average Bonchev–Trinajstić information content (AvgIpc) is 2.60. The zero-order valence-corrected chi connectivity index (χ0v) is 15.8. The molecule has 2 atom stereocenters. The van der Waals surface area contributed by atoms with E-state index in [4.69, 9.17) is 23.1 Å². The van der Waals surface area contributed by atoms with Gasteiger partial charge in [0.2, 0.25) is 11.7 Å². The van der Waals surface area contributed by atoms with Gasteiger partial charge in [-0.2, -0.15) is 0 Å². The number of nitrogen functional groups attached to an aromatic ring is 1. The molecular weight excluding hydrogens is 373 g/mol. The van der Waals surface area contributed by atoms with Crippen LogP contribution in [0.2, 0.25) is 5.02 Å². The van der Waals surface area contributed by atoms with E-state index in [-0.39, 0.29) is 40.1 Å². The minimum atomic E-state index is -0.739.